The zero-order valence-corrected chi connectivity index (χ0v) is 16.1. The van der Waals surface area contributed by atoms with Crippen molar-refractivity contribution in [2.24, 2.45) is 0 Å². The Morgan fingerprint density at radius 2 is 1.87 bits per heavy atom. The molecule has 31 heavy (non-hydrogen) atoms. The van der Waals surface area contributed by atoms with Crippen LogP contribution in [0.4, 0.5) is 9.18 Å². The predicted molar refractivity (Wildman–Crippen MR) is 107 cm³/mol. The van der Waals surface area contributed by atoms with Crippen molar-refractivity contribution in [2.75, 3.05) is 6.54 Å². The molecule has 1 fully saturated rings. The Hall–Kier alpha value is -4.14. The van der Waals surface area contributed by atoms with Gasteiger partial charge in [0, 0.05) is 30.1 Å². The van der Waals surface area contributed by atoms with Crippen molar-refractivity contribution >= 4 is 17.8 Å². The number of imide groups is 1. The van der Waals surface area contributed by atoms with E-state index < -0.39 is 23.3 Å². The number of hydrogen-bond acceptors (Lipinski definition) is 5. The van der Waals surface area contributed by atoms with Gasteiger partial charge in [0.1, 0.15) is 5.82 Å². The van der Waals surface area contributed by atoms with Crippen LogP contribution in [0.2, 0.25) is 0 Å². The molecule has 2 aromatic carbocycles. The first kappa shape index (κ1) is 18.9. The monoisotopic (exact) mass is 417 g/mol. The molecular formula is C22H16FN5O3. The fourth-order valence-corrected chi connectivity index (χ4v) is 4.02. The number of fused-ring (bicyclic) bond motifs is 1. The van der Waals surface area contributed by atoms with Crippen molar-refractivity contribution in [3.8, 4) is 11.3 Å². The Balaban J connectivity index is 1.49. The van der Waals surface area contributed by atoms with Gasteiger partial charge in [0.15, 0.2) is 5.54 Å². The number of urea groups is 1. The highest BCUT2D eigenvalue weighted by Crippen LogP contribution is 2.32. The van der Waals surface area contributed by atoms with E-state index in [0.29, 0.717) is 16.8 Å². The zero-order chi connectivity index (χ0) is 21.6. The van der Waals surface area contributed by atoms with Crippen LogP contribution >= 0.6 is 0 Å². The summed E-state index contributed by atoms with van der Waals surface area (Å²) < 4.78 is 13.6. The lowest BCUT2D eigenvalue weighted by Crippen LogP contribution is -2.52. The Bertz CT molecular complexity index is 1220. The molecule has 0 spiro atoms. The third-order valence-corrected chi connectivity index (χ3v) is 5.56. The minimum absolute atomic E-state index is 0.0931. The molecule has 2 aliphatic rings. The molecule has 1 aromatic heterocycles. The van der Waals surface area contributed by atoms with E-state index >= 15 is 0 Å². The van der Waals surface area contributed by atoms with E-state index in [1.807, 2.05) is 0 Å². The molecule has 1 saturated heterocycles. The minimum atomic E-state index is -1.46. The standard InChI is InChI=1S/C22H16FN5O3/c23-16-6-3-14-11-28(19(29)17(14)9-16)12-22(20(30)26-21(31)27-22)15-4-1-13(2-5-15)18-10-24-7-8-25-18/h1-10H,11-12H2,(H2,26,27,30,31)/t22-/m0/s1. The highest BCUT2D eigenvalue weighted by Gasteiger charge is 2.50. The van der Waals surface area contributed by atoms with E-state index in [4.69, 9.17) is 0 Å². The number of halogens is 1. The van der Waals surface area contributed by atoms with Gasteiger partial charge in [-0.1, -0.05) is 30.3 Å². The Morgan fingerprint density at radius 1 is 1.06 bits per heavy atom. The summed E-state index contributed by atoms with van der Waals surface area (Å²) in [5.41, 5.74) is 1.43. The molecule has 0 saturated carbocycles. The van der Waals surface area contributed by atoms with Crippen LogP contribution in [0.5, 0.6) is 0 Å². The molecule has 2 aliphatic heterocycles. The third-order valence-electron chi connectivity index (χ3n) is 5.56. The van der Waals surface area contributed by atoms with Crippen LogP contribution < -0.4 is 10.6 Å². The number of aromatic nitrogens is 2. The van der Waals surface area contributed by atoms with Gasteiger partial charge in [-0.3, -0.25) is 24.9 Å². The van der Waals surface area contributed by atoms with Gasteiger partial charge in [-0.05, 0) is 23.3 Å². The second-order valence-electron chi connectivity index (χ2n) is 7.44. The van der Waals surface area contributed by atoms with E-state index in [9.17, 15) is 18.8 Å². The summed E-state index contributed by atoms with van der Waals surface area (Å²) in [4.78, 5) is 47.5. The third kappa shape index (κ3) is 3.10. The molecule has 154 valence electrons. The second-order valence-corrected chi connectivity index (χ2v) is 7.44. The Morgan fingerprint density at radius 3 is 2.55 bits per heavy atom. The van der Waals surface area contributed by atoms with Crippen molar-refractivity contribution in [3.05, 3.63) is 83.6 Å². The molecule has 0 unspecified atom stereocenters. The van der Waals surface area contributed by atoms with Gasteiger partial charge < -0.3 is 10.2 Å². The van der Waals surface area contributed by atoms with Crippen LogP contribution in [0.25, 0.3) is 11.3 Å². The van der Waals surface area contributed by atoms with Gasteiger partial charge in [-0.2, -0.15) is 0 Å². The van der Waals surface area contributed by atoms with Crippen LogP contribution in [0.15, 0.2) is 61.1 Å². The first-order valence-corrected chi connectivity index (χ1v) is 9.54. The highest BCUT2D eigenvalue weighted by atomic mass is 19.1. The first-order valence-electron chi connectivity index (χ1n) is 9.54. The molecule has 3 heterocycles. The first-order chi connectivity index (χ1) is 15.0. The highest BCUT2D eigenvalue weighted by molar-refractivity contribution is 6.08. The number of carbonyl (C=O) groups excluding carboxylic acids is 3. The number of carbonyl (C=O) groups is 3. The molecule has 9 heteroatoms. The quantitative estimate of drug-likeness (QED) is 0.632. The lowest BCUT2D eigenvalue weighted by atomic mass is 9.88. The number of benzene rings is 2. The lowest BCUT2D eigenvalue weighted by Gasteiger charge is -2.31. The van der Waals surface area contributed by atoms with Gasteiger partial charge >= 0.3 is 6.03 Å². The Labute approximate surface area is 176 Å². The number of amides is 4. The fraction of sp³-hybridized carbons (Fsp3) is 0.136. The maximum absolute atomic E-state index is 13.6. The molecule has 4 amide bonds. The second kappa shape index (κ2) is 6.98. The van der Waals surface area contributed by atoms with Crippen molar-refractivity contribution < 1.29 is 18.8 Å². The van der Waals surface area contributed by atoms with Crippen LogP contribution in [0.3, 0.4) is 0 Å². The van der Waals surface area contributed by atoms with Gasteiger partial charge in [0.05, 0.1) is 18.4 Å². The molecule has 5 rings (SSSR count). The van der Waals surface area contributed by atoms with E-state index in [-0.39, 0.29) is 24.6 Å². The SMILES string of the molecule is O=C1NC(=O)[C@](CN2Cc3ccc(F)cc3C2=O)(c2ccc(-c3cnccn3)cc2)N1. The predicted octanol–water partition coefficient (Wildman–Crippen LogP) is 1.97. The largest absolute Gasteiger partial charge is 0.331 e. The van der Waals surface area contributed by atoms with Gasteiger partial charge in [0.2, 0.25) is 0 Å². The topological polar surface area (TPSA) is 104 Å². The smallest absolute Gasteiger partial charge is 0.322 e. The van der Waals surface area contributed by atoms with E-state index in [1.165, 1.54) is 17.0 Å². The molecule has 0 bridgehead atoms. The molecule has 2 N–H and O–H groups in total. The maximum Gasteiger partial charge on any atom is 0.322 e. The van der Waals surface area contributed by atoms with Crippen LogP contribution in [0.1, 0.15) is 21.5 Å². The molecule has 0 aliphatic carbocycles. The number of hydrogen-bond donors (Lipinski definition) is 2. The summed E-state index contributed by atoms with van der Waals surface area (Å²) in [7, 11) is 0. The summed E-state index contributed by atoms with van der Waals surface area (Å²) in [6.07, 6.45) is 4.77. The Kier molecular flexibility index (Phi) is 4.25. The zero-order valence-electron chi connectivity index (χ0n) is 16.1. The summed E-state index contributed by atoms with van der Waals surface area (Å²) in [6.45, 7) is 0.126. The minimum Gasteiger partial charge on any atom is -0.331 e. The summed E-state index contributed by atoms with van der Waals surface area (Å²) in [5.74, 6) is -1.45. The molecule has 8 nitrogen and oxygen atoms in total. The summed E-state index contributed by atoms with van der Waals surface area (Å²) in [5, 5.41) is 4.95. The van der Waals surface area contributed by atoms with Gasteiger partial charge in [-0.25, -0.2) is 9.18 Å². The average molecular weight is 417 g/mol. The molecule has 3 aromatic rings. The lowest BCUT2D eigenvalue weighted by molar-refractivity contribution is -0.124. The van der Waals surface area contributed by atoms with Gasteiger partial charge in [0.25, 0.3) is 11.8 Å². The van der Waals surface area contributed by atoms with E-state index in [1.54, 1.807) is 48.9 Å². The summed E-state index contributed by atoms with van der Waals surface area (Å²) in [6, 6.07) is 10.4. The molecule has 0 radical (unpaired) electrons. The van der Waals surface area contributed by atoms with Crippen molar-refractivity contribution in [1.29, 1.82) is 0 Å². The normalized spacial score (nSPS) is 19.9. The van der Waals surface area contributed by atoms with Crippen molar-refractivity contribution in [1.82, 2.24) is 25.5 Å². The van der Waals surface area contributed by atoms with E-state index in [2.05, 4.69) is 20.6 Å². The van der Waals surface area contributed by atoms with Crippen LogP contribution in [-0.2, 0) is 16.9 Å². The van der Waals surface area contributed by atoms with Crippen molar-refractivity contribution in [2.45, 2.75) is 12.1 Å². The number of nitrogens with zero attached hydrogens (tertiary/aromatic N) is 3. The molecule has 1 atom stereocenters. The molecular weight excluding hydrogens is 401 g/mol. The van der Waals surface area contributed by atoms with Crippen molar-refractivity contribution in [3.63, 3.8) is 0 Å². The van der Waals surface area contributed by atoms with Crippen LogP contribution in [0, 0.1) is 5.82 Å². The summed E-state index contributed by atoms with van der Waals surface area (Å²) >= 11 is 0. The number of rotatable bonds is 4. The maximum atomic E-state index is 13.6. The van der Waals surface area contributed by atoms with E-state index in [0.717, 1.165) is 5.56 Å². The van der Waals surface area contributed by atoms with Crippen LogP contribution in [-0.4, -0.2) is 39.3 Å². The fourth-order valence-electron chi connectivity index (χ4n) is 4.02. The van der Waals surface area contributed by atoms with Gasteiger partial charge in [-0.15, -0.1) is 0 Å². The number of nitrogens with one attached hydrogen (secondary N) is 2. The average Bonchev–Trinajstić information content (AvgIpc) is 3.24.